The predicted molar refractivity (Wildman–Crippen MR) is 157 cm³/mol. The van der Waals surface area contributed by atoms with Gasteiger partial charge in [0.15, 0.2) is 30.1 Å². The molecule has 0 saturated heterocycles. The second-order valence-electron chi connectivity index (χ2n) is 8.76. The molecule has 202 valence electrons. The van der Waals surface area contributed by atoms with E-state index < -0.39 is 7.14 Å². The molecule has 4 aromatic carbocycles. The van der Waals surface area contributed by atoms with Crippen molar-refractivity contribution in [3.05, 3.63) is 106 Å². The molecule has 0 aliphatic rings. The average Bonchev–Trinajstić information content (AvgIpc) is 2.97. The second-order valence-corrected chi connectivity index (χ2v) is 11.8. The Labute approximate surface area is 233 Å². The van der Waals surface area contributed by atoms with Crippen molar-refractivity contribution < 1.29 is 28.6 Å². The maximum absolute atomic E-state index is 15.4. The maximum atomic E-state index is 15.4. The molecule has 0 spiro atoms. The molecule has 4 rings (SSSR count). The Hall–Kier alpha value is -3.86. The fourth-order valence-electron chi connectivity index (χ4n) is 4.34. The normalized spacial score (nSPS) is 11.7. The SMILES string of the molecule is COc1ccc(P(=O)(/C=C(/c2ccccc2)c2cc(Cl)c(C)cc2O)c2ccc(OC)c(OC)c2)cc1OC. The zero-order chi connectivity index (χ0) is 28.2. The maximum Gasteiger partial charge on any atom is 0.165 e. The summed E-state index contributed by atoms with van der Waals surface area (Å²) >= 11 is 6.50. The Morgan fingerprint density at radius 3 is 1.74 bits per heavy atom. The van der Waals surface area contributed by atoms with E-state index in [1.54, 1.807) is 68.6 Å². The van der Waals surface area contributed by atoms with Gasteiger partial charge >= 0.3 is 0 Å². The third kappa shape index (κ3) is 5.63. The molecule has 0 bridgehead atoms. The molecule has 39 heavy (non-hydrogen) atoms. The van der Waals surface area contributed by atoms with Crippen LogP contribution in [0.3, 0.4) is 0 Å². The van der Waals surface area contributed by atoms with Gasteiger partial charge in [-0.15, -0.1) is 0 Å². The van der Waals surface area contributed by atoms with Crippen LogP contribution in [0.4, 0.5) is 0 Å². The van der Waals surface area contributed by atoms with Gasteiger partial charge in [0, 0.05) is 21.2 Å². The van der Waals surface area contributed by atoms with Crippen LogP contribution < -0.4 is 29.6 Å². The minimum atomic E-state index is -3.59. The molecule has 0 radical (unpaired) electrons. The summed E-state index contributed by atoms with van der Waals surface area (Å²) in [6.45, 7) is 1.82. The molecule has 0 heterocycles. The van der Waals surface area contributed by atoms with E-state index in [9.17, 15) is 5.11 Å². The summed E-state index contributed by atoms with van der Waals surface area (Å²) in [5.41, 5.74) is 2.50. The second kappa shape index (κ2) is 11.9. The number of methoxy groups -OCH3 is 4. The summed E-state index contributed by atoms with van der Waals surface area (Å²) in [6, 6.07) is 23.1. The summed E-state index contributed by atoms with van der Waals surface area (Å²) in [4.78, 5) is 0. The van der Waals surface area contributed by atoms with E-state index in [4.69, 9.17) is 30.5 Å². The van der Waals surface area contributed by atoms with Gasteiger partial charge in [-0.2, -0.15) is 0 Å². The van der Waals surface area contributed by atoms with Gasteiger partial charge in [-0.05, 0) is 78.0 Å². The van der Waals surface area contributed by atoms with Crippen molar-refractivity contribution in [2.24, 2.45) is 0 Å². The van der Waals surface area contributed by atoms with E-state index in [0.29, 0.717) is 49.8 Å². The van der Waals surface area contributed by atoms with Crippen LogP contribution in [0, 0.1) is 6.92 Å². The molecular weight excluding hydrogens is 535 g/mol. The third-order valence-corrected chi connectivity index (χ3v) is 9.58. The molecular formula is C31H30ClO6P. The van der Waals surface area contributed by atoms with Crippen LogP contribution in [0.1, 0.15) is 16.7 Å². The van der Waals surface area contributed by atoms with Crippen molar-refractivity contribution in [2.75, 3.05) is 28.4 Å². The lowest BCUT2D eigenvalue weighted by atomic mass is 9.98. The highest BCUT2D eigenvalue weighted by Gasteiger charge is 2.30. The number of rotatable bonds is 9. The summed E-state index contributed by atoms with van der Waals surface area (Å²) < 4.78 is 37.3. The Morgan fingerprint density at radius 2 is 1.26 bits per heavy atom. The Bertz CT molecular complexity index is 1510. The van der Waals surface area contributed by atoms with Crippen molar-refractivity contribution in [1.82, 2.24) is 0 Å². The van der Waals surface area contributed by atoms with Crippen LogP contribution in [0.25, 0.3) is 5.57 Å². The highest BCUT2D eigenvalue weighted by molar-refractivity contribution is 7.81. The van der Waals surface area contributed by atoms with Gasteiger partial charge in [-0.3, -0.25) is 0 Å². The molecule has 0 saturated carbocycles. The van der Waals surface area contributed by atoms with Crippen molar-refractivity contribution in [1.29, 1.82) is 0 Å². The van der Waals surface area contributed by atoms with Crippen molar-refractivity contribution in [2.45, 2.75) is 6.92 Å². The number of halogens is 1. The fraction of sp³-hybridized carbons (Fsp3) is 0.161. The molecule has 0 aromatic heterocycles. The number of aromatic hydroxyl groups is 1. The van der Waals surface area contributed by atoms with Gasteiger partial charge in [0.25, 0.3) is 0 Å². The molecule has 0 atom stereocenters. The lowest BCUT2D eigenvalue weighted by molar-refractivity contribution is 0.355. The minimum Gasteiger partial charge on any atom is -0.507 e. The van der Waals surface area contributed by atoms with Gasteiger partial charge in [-0.1, -0.05) is 41.9 Å². The number of phenols is 1. The van der Waals surface area contributed by atoms with Gasteiger partial charge in [0.1, 0.15) is 5.75 Å². The largest absolute Gasteiger partial charge is 0.507 e. The smallest absolute Gasteiger partial charge is 0.165 e. The Kier molecular flexibility index (Phi) is 8.59. The van der Waals surface area contributed by atoms with Crippen LogP contribution >= 0.6 is 18.7 Å². The van der Waals surface area contributed by atoms with E-state index in [-0.39, 0.29) is 5.75 Å². The molecule has 0 aliphatic carbocycles. The number of hydrogen-bond donors (Lipinski definition) is 1. The first-order valence-electron chi connectivity index (χ1n) is 12.1. The van der Waals surface area contributed by atoms with Crippen LogP contribution in [0.2, 0.25) is 5.02 Å². The van der Waals surface area contributed by atoms with E-state index >= 15 is 4.57 Å². The number of benzene rings is 4. The van der Waals surface area contributed by atoms with Crippen LogP contribution in [-0.2, 0) is 4.57 Å². The quantitative estimate of drug-likeness (QED) is 0.226. The van der Waals surface area contributed by atoms with Gasteiger partial charge < -0.3 is 28.6 Å². The van der Waals surface area contributed by atoms with Crippen molar-refractivity contribution in [3.63, 3.8) is 0 Å². The van der Waals surface area contributed by atoms with E-state index in [1.165, 1.54) is 14.2 Å². The average molecular weight is 565 g/mol. The molecule has 0 amide bonds. The van der Waals surface area contributed by atoms with Crippen LogP contribution in [0.5, 0.6) is 28.7 Å². The summed E-state index contributed by atoms with van der Waals surface area (Å²) in [6.07, 6.45) is 0. The first kappa shape index (κ1) is 28.2. The van der Waals surface area contributed by atoms with Gasteiger partial charge in [0.05, 0.1) is 28.4 Å². The molecule has 0 aliphatic heterocycles. The van der Waals surface area contributed by atoms with E-state index in [1.807, 2.05) is 37.3 Å². The highest BCUT2D eigenvalue weighted by atomic mass is 35.5. The number of aryl methyl sites for hydroxylation is 1. The lowest BCUT2D eigenvalue weighted by Crippen LogP contribution is -2.16. The Balaban J connectivity index is 2.10. The van der Waals surface area contributed by atoms with Crippen molar-refractivity contribution in [3.8, 4) is 28.7 Å². The monoisotopic (exact) mass is 564 g/mol. The summed E-state index contributed by atoms with van der Waals surface area (Å²) in [7, 11) is 2.56. The zero-order valence-corrected chi connectivity index (χ0v) is 24.0. The first-order valence-corrected chi connectivity index (χ1v) is 14.2. The molecule has 8 heteroatoms. The minimum absolute atomic E-state index is 0.0261. The molecule has 0 unspecified atom stereocenters. The summed E-state index contributed by atoms with van der Waals surface area (Å²) in [5.74, 6) is 3.62. The molecule has 4 aromatic rings. The number of phenolic OH excluding ortho intramolecular Hbond substituents is 1. The topological polar surface area (TPSA) is 74.2 Å². The van der Waals surface area contributed by atoms with Gasteiger partial charge in [0.2, 0.25) is 0 Å². The highest BCUT2D eigenvalue weighted by Crippen LogP contribution is 2.51. The standard InChI is InChI=1S/C31H30ClO6P/c1-20-15-27(33)24(18-26(20)32)25(21-9-7-6-8-10-21)19-39(34,22-11-13-28(35-2)30(16-22)37-4)23-12-14-29(36-3)31(17-23)38-5/h6-19,33H,1-5H3/b25-19-. The van der Waals surface area contributed by atoms with Crippen LogP contribution in [-0.4, -0.2) is 33.5 Å². The molecule has 1 N–H and O–H groups in total. The predicted octanol–water partition coefficient (Wildman–Crippen LogP) is 6.79. The van der Waals surface area contributed by atoms with Gasteiger partial charge in [-0.25, -0.2) is 0 Å². The fourth-order valence-corrected chi connectivity index (χ4v) is 6.96. The zero-order valence-electron chi connectivity index (χ0n) is 22.4. The lowest BCUT2D eigenvalue weighted by Gasteiger charge is -2.21. The van der Waals surface area contributed by atoms with E-state index in [2.05, 4.69) is 0 Å². The number of hydrogen-bond acceptors (Lipinski definition) is 6. The Morgan fingerprint density at radius 1 is 0.744 bits per heavy atom. The molecule has 6 nitrogen and oxygen atoms in total. The van der Waals surface area contributed by atoms with E-state index in [0.717, 1.165) is 11.1 Å². The van der Waals surface area contributed by atoms with Crippen molar-refractivity contribution >= 4 is 34.9 Å². The van der Waals surface area contributed by atoms with Crippen LogP contribution in [0.15, 0.2) is 84.7 Å². The number of ether oxygens (including phenoxy) is 4. The first-order chi connectivity index (χ1) is 18.7. The summed E-state index contributed by atoms with van der Waals surface area (Å²) in [5, 5.41) is 12.5. The third-order valence-electron chi connectivity index (χ3n) is 6.46. The molecule has 0 fully saturated rings.